The quantitative estimate of drug-likeness (QED) is 0.623. The molecule has 1 heterocycles. The molecule has 0 atom stereocenters. The van der Waals surface area contributed by atoms with Crippen molar-refractivity contribution >= 4 is 21.8 Å². The number of benzene rings is 1. The van der Waals surface area contributed by atoms with Crippen molar-refractivity contribution in [2.45, 2.75) is 33.2 Å². The Labute approximate surface area is 168 Å². The molecule has 0 aliphatic carbocycles. The number of hydrogen-bond acceptors (Lipinski definition) is 4. The lowest BCUT2D eigenvalue weighted by Gasteiger charge is -2.17. The summed E-state index contributed by atoms with van der Waals surface area (Å²) in [7, 11) is 0. The van der Waals surface area contributed by atoms with Gasteiger partial charge in [0.25, 0.3) is 5.56 Å². The molecule has 1 aromatic heterocycles. The summed E-state index contributed by atoms with van der Waals surface area (Å²) in [5.41, 5.74) is 1.53. The van der Waals surface area contributed by atoms with Crippen LogP contribution in [0.5, 0.6) is 0 Å². The fourth-order valence-corrected chi connectivity index (χ4v) is 3.02. The first-order chi connectivity index (χ1) is 13.0. The number of rotatable bonds is 10. The minimum absolute atomic E-state index is 0.0132. The van der Waals surface area contributed by atoms with E-state index in [9.17, 15) is 9.59 Å². The van der Waals surface area contributed by atoms with Crippen LogP contribution in [0.4, 0.5) is 0 Å². The second kappa shape index (κ2) is 11.0. The lowest BCUT2D eigenvalue weighted by atomic mass is 10.1. The first kappa shape index (κ1) is 21.3. The molecule has 0 spiro atoms. The summed E-state index contributed by atoms with van der Waals surface area (Å²) in [5, 5.41) is 7.36. The highest BCUT2D eigenvalue weighted by atomic mass is 79.9. The van der Waals surface area contributed by atoms with Gasteiger partial charge in [-0.05, 0) is 37.7 Å². The van der Waals surface area contributed by atoms with Gasteiger partial charge in [-0.15, -0.1) is 0 Å². The fourth-order valence-electron chi connectivity index (χ4n) is 2.75. The van der Waals surface area contributed by atoms with Gasteiger partial charge in [0.1, 0.15) is 0 Å². The van der Waals surface area contributed by atoms with E-state index in [4.69, 9.17) is 0 Å². The van der Waals surface area contributed by atoms with Crippen LogP contribution in [0.25, 0.3) is 11.3 Å². The number of aromatic nitrogens is 2. The number of nitrogens with zero attached hydrogens (tertiary/aromatic N) is 3. The summed E-state index contributed by atoms with van der Waals surface area (Å²) in [6.07, 6.45) is 0.961. The molecule has 146 valence electrons. The van der Waals surface area contributed by atoms with Crippen LogP contribution in [-0.4, -0.2) is 46.8 Å². The number of halogens is 1. The van der Waals surface area contributed by atoms with Gasteiger partial charge in [-0.2, -0.15) is 5.10 Å². The van der Waals surface area contributed by atoms with E-state index in [1.165, 1.54) is 10.7 Å². The van der Waals surface area contributed by atoms with Crippen LogP contribution in [-0.2, 0) is 11.3 Å². The second-order valence-electron chi connectivity index (χ2n) is 6.27. The van der Waals surface area contributed by atoms with Crippen LogP contribution < -0.4 is 10.9 Å². The van der Waals surface area contributed by atoms with E-state index in [-0.39, 0.29) is 11.5 Å². The van der Waals surface area contributed by atoms with Crippen LogP contribution in [0.2, 0.25) is 0 Å². The molecule has 27 heavy (non-hydrogen) atoms. The molecule has 0 bridgehead atoms. The van der Waals surface area contributed by atoms with Crippen molar-refractivity contribution < 1.29 is 4.79 Å². The van der Waals surface area contributed by atoms with E-state index in [0.29, 0.717) is 25.9 Å². The Morgan fingerprint density at radius 3 is 2.52 bits per heavy atom. The Morgan fingerprint density at radius 2 is 1.85 bits per heavy atom. The number of carbonyl (C=O) groups excluding carboxylic acids is 1. The summed E-state index contributed by atoms with van der Waals surface area (Å²) in [4.78, 5) is 26.2. The van der Waals surface area contributed by atoms with E-state index < -0.39 is 0 Å². The van der Waals surface area contributed by atoms with E-state index in [0.717, 1.165) is 35.4 Å². The molecule has 1 amide bonds. The maximum absolute atomic E-state index is 12.0. The summed E-state index contributed by atoms with van der Waals surface area (Å²) in [5.74, 6) is 0.0132. The van der Waals surface area contributed by atoms with E-state index in [2.05, 4.69) is 45.1 Å². The Bertz CT molecular complexity index is 785. The van der Waals surface area contributed by atoms with Crippen molar-refractivity contribution in [3.8, 4) is 11.3 Å². The van der Waals surface area contributed by atoms with Crippen molar-refractivity contribution in [1.29, 1.82) is 0 Å². The largest absolute Gasteiger partial charge is 0.355 e. The predicted molar refractivity (Wildman–Crippen MR) is 112 cm³/mol. The lowest BCUT2D eigenvalue weighted by Crippen LogP contribution is -2.34. The molecule has 0 saturated carbocycles. The van der Waals surface area contributed by atoms with Crippen LogP contribution in [0.3, 0.4) is 0 Å². The molecular formula is C20H27BrN4O2. The Hall–Kier alpha value is -1.99. The number of amides is 1. The standard InChI is InChI=1S/C20H27BrN4O2/c1-3-24(4-2)15-13-22-19(26)6-5-14-25-20(27)12-11-18(23-25)16-7-9-17(21)10-8-16/h7-12H,3-6,13-15H2,1-2H3,(H,22,26). The van der Waals surface area contributed by atoms with Crippen LogP contribution in [0, 0.1) is 0 Å². The van der Waals surface area contributed by atoms with Crippen LogP contribution >= 0.6 is 15.9 Å². The predicted octanol–water partition coefficient (Wildman–Crippen LogP) is 2.91. The highest BCUT2D eigenvalue weighted by Crippen LogP contribution is 2.18. The summed E-state index contributed by atoms with van der Waals surface area (Å²) >= 11 is 3.41. The number of likely N-dealkylation sites (N-methyl/N-ethyl adjacent to an activating group) is 1. The van der Waals surface area contributed by atoms with Gasteiger partial charge in [-0.3, -0.25) is 9.59 Å². The third kappa shape index (κ3) is 6.92. The van der Waals surface area contributed by atoms with Crippen molar-refractivity contribution in [2.24, 2.45) is 0 Å². The molecular weight excluding hydrogens is 408 g/mol. The number of hydrogen-bond donors (Lipinski definition) is 1. The SMILES string of the molecule is CCN(CC)CCNC(=O)CCCn1nc(-c2ccc(Br)cc2)ccc1=O. The number of nitrogens with one attached hydrogen (secondary N) is 1. The summed E-state index contributed by atoms with van der Waals surface area (Å²) < 4.78 is 2.42. The minimum Gasteiger partial charge on any atom is -0.355 e. The van der Waals surface area contributed by atoms with Gasteiger partial charge in [0.05, 0.1) is 5.69 Å². The van der Waals surface area contributed by atoms with Gasteiger partial charge in [0, 0.05) is 42.2 Å². The highest BCUT2D eigenvalue weighted by molar-refractivity contribution is 9.10. The smallest absolute Gasteiger partial charge is 0.266 e. The molecule has 6 nitrogen and oxygen atoms in total. The van der Waals surface area contributed by atoms with Gasteiger partial charge in [0.2, 0.25) is 5.91 Å². The normalized spacial score (nSPS) is 11.0. The van der Waals surface area contributed by atoms with Crippen molar-refractivity contribution in [2.75, 3.05) is 26.2 Å². The lowest BCUT2D eigenvalue weighted by molar-refractivity contribution is -0.121. The second-order valence-corrected chi connectivity index (χ2v) is 7.18. The number of carbonyl (C=O) groups is 1. The zero-order chi connectivity index (χ0) is 19.6. The highest BCUT2D eigenvalue weighted by Gasteiger charge is 2.06. The molecule has 0 radical (unpaired) electrons. The van der Waals surface area contributed by atoms with Crippen molar-refractivity contribution in [1.82, 2.24) is 20.0 Å². The summed E-state index contributed by atoms with van der Waals surface area (Å²) in [6.45, 7) is 8.11. The average molecular weight is 435 g/mol. The molecule has 0 saturated heterocycles. The van der Waals surface area contributed by atoms with E-state index in [1.807, 2.05) is 24.3 Å². The Kier molecular flexibility index (Phi) is 8.67. The molecule has 0 aliphatic rings. The van der Waals surface area contributed by atoms with Gasteiger partial charge < -0.3 is 10.2 Å². The van der Waals surface area contributed by atoms with Gasteiger partial charge in [0.15, 0.2) is 0 Å². The van der Waals surface area contributed by atoms with Crippen molar-refractivity contribution in [3.05, 3.63) is 51.2 Å². The Balaban J connectivity index is 1.85. The monoisotopic (exact) mass is 434 g/mol. The Morgan fingerprint density at radius 1 is 1.15 bits per heavy atom. The first-order valence-corrected chi connectivity index (χ1v) is 10.2. The molecule has 0 unspecified atom stereocenters. The number of aryl methyl sites for hydroxylation is 1. The van der Waals surface area contributed by atoms with Crippen molar-refractivity contribution in [3.63, 3.8) is 0 Å². The molecule has 1 N–H and O–H groups in total. The van der Waals surface area contributed by atoms with Gasteiger partial charge in [-0.25, -0.2) is 4.68 Å². The van der Waals surface area contributed by atoms with Crippen LogP contribution in [0.1, 0.15) is 26.7 Å². The first-order valence-electron chi connectivity index (χ1n) is 9.36. The van der Waals surface area contributed by atoms with E-state index >= 15 is 0 Å². The third-order valence-electron chi connectivity index (χ3n) is 4.42. The molecule has 2 aromatic rings. The van der Waals surface area contributed by atoms with E-state index in [1.54, 1.807) is 6.07 Å². The van der Waals surface area contributed by atoms with Gasteiger partial charge >= 0.3 is 0 Å². The topological polar surface area (TPSA) is 67.2 Å². The molecule has 2 rings (SSSR count). The molecule has 0 fully saturated rings. The zero-order valence-corrected chi connectivity index (χ0v) is 17.5. The fraction of sp³-hybridized carbons (Fsp3) is 0.450. The maximum Gasteiger partial charge on any atom is 0.266 e. The van der Waals surface area contributed by atoms with Gasteiger partial charge in [-0.1, -0.05) is 41.9 Å². The average Bonchev–Trinajstić information content (AvgIpc) is 2.67. The molecule has 0 aliphatic heterocycles. The van der Waals surface area contributed by atoms with Crippen LogP contribution in [0.15, 0.2) is 45.7 Å². The summed E-state index contributed by atoms with van der Waals surface area (Å²) in [6, 6.07) is 11.0. The maximum atomic E-state index is 12.0. The molecule has 1 aromatic carbocycles. The zero-order valence-electron chi connectivity index (χ0n) is 15.9. The third-order valence-corrected chi connectivity index (χ3v) is 4.95. The minimum atomic E-state index is -0.155. The molecule has 7 heteroatoms.